The Balaban J connectivity index is -0.000000196. The Kier molecular flexibility index (Phi) is 36.2. The molecule has 0 saturated heterocycles. The quantitative estimate of drug-likeness (QED) is 0.332. The van der Waals surface area contributed by atoms with E-state index in [1.54, 1.807) is 6.92 Å². The maximum absolute atomic E-state index is 3.78. The second-order valence-electron chi connectivity index (χ2n) is 2.27. The standard InChI is InChI=1S/C8H17.C2H5.Mg/c1-3-5-7-8-6-4-2;1-2;/h1,3-8H2,2H3;1H2,2H3;/q2*-1;+2. The summed E-state index contributed by atoms with van der Waals surface area (Å²) >= 11 is 0. The minimum absolute atomic E-state index is 0. The molecule has 0 nitrogen and oxygen atoms in total. The van der Waals surface area contributed by atoms with Crippen LogP contribution in [-0.2, 0) is 0 Å². The van der Waals surface area contributed by atoms with Gasteiger partial charge in [0.1, 0.15) is 0 Å². The molecule has 64 valence electrons. The van der Waals surface area contributed by atoms with Crippen molar-refractivity contribution in [2.75, 3.05) is 0 Å². The minimum Gasteiger partial charge on any atom is -0.346 e. The molecule has 0 amide bonds. The molecule has 0 aromatic heterocycles. The Bertz CT molecular complexity index is 29.9. The maximum atomic E-state index is 3.78. The van der Waals surface area contributed by atoms with E-state index < -0.39 is 0 Å². The van der Waals surface area contributed by atoms with Crippen molar-refractivity contribution >= 4 is 23.1 Å². The summed E-state index contributed by atoms with van der Waals surface area (Å²) in [6.07, 6.45) is 7.98. The van der Waals surface area contributed by atoms with Gasteiger partial charge in [-0.15, -0.1) is 0 Å². The Morgan fingerprint density at radius 2 is 1.36 bits per heavy atom. The smallest absolute Gasteiger partial charge is 0.346 e. The average molecular weight is 167 g/mol. The van der Waals surface area contributed by atoms with Crippen molar-refractivity contribution in [2.24, 2.45) is 0 Å². The normalized spacial score (nSPS) is 7.64. The molecule has 0 heterocycles. The van der Waals surface area contributed by atoms with E-state index in [4.69, 9.17) is 0 Å². The van der Waals surface area contributed by atoms with Crippen LogP contribution in [-0.4, -0.2) is 23.1 Å². The third kappa shape index (κ3) is 24.9. The molecule has 11 heavy (non-hydrogen) atoms. The van der Waals surface area contributed by atoms with E-state index in [-0.39, 0.29) is 23.1 Å². The molecule has 1 heteroatoms. The van der Waals surface area contributed by atoms with Crippen LogP contribution in [0.5, 0.6) is 0 Å². The second kappa shape index (κ2) is 22.4. The second-order valence-corrected chi connectivity index (χ2v) is 2.27. The number of unbranched alkanes of at least 4 members (excludes halogenated alkanes) is 5. The Morgan fingerprint density at radius 1 is 0.909 bits per heavy atom. The molecule has 0 fully saturated rings. The van der Waals surface area contributed by atoms with Crippen LogP contribution >= 0.6 is 0 Å². The third-order valence-corrected chi connectivity index (χ3v) is 1.35. The molecule has 0 aliphatic carbocycles. The summed E-state index contributed by atoms with van der Waals surface area (Å²) in [5.74, 6) is 0. The van der Waals surface area contributed by atoms with E-state index in [2.05, 4.69) is 20.8 Å². The average Bonchev–Trinajstić information content (AvgIpc) is 2.02. The maximum Gasteiger partial charge on any atom is 2.00 e. The molecular formula is C10H22Mg. The van der Waals surface area contributed by atoms with E-state index >= 15 is 0 Å². The number of rotatable bonds is 5. The van der Waals surface area contributed by atoms with E-state index in [0.29, 0.717) is 0 Å². The fourth-order valence-electron chi connectivity index (χ4n) is 0.780. The van der Waals surface area contributed by atoms with Gasteiger partial charge in [-0.1, -0.05) is 39.0 Å². The summed E-state index contributed by atoms with van der Waals surface area (Å²) in [5, 5.41) is 0. The zero-order valence-electron chi connectivity index (χ0n) is 8.36. The van der Waals surface area contributed by atoms with Crippen molar-refractivity contribution in [3.05, 3.63) is 13.8 Å². The first-order chi connectivity index (χ1) is 4.91. The van der Waals surface area contributed by atoms with Crippen molar-refractivity contribution < 1.29 is 0 Å². The molecule has 0 rings (SSSR count). The van der Waals surface area contributed by atoms with Gasteiger partial charge in [0, 0.05) is 0 Å². The molecule has 0 aromatic rings. The molecule has 0 atom stereocenters. The summed E-state index contributed by atoms with van der Waals surface area (Å²) < 4.78 is 0. The van der Waals surface area contributed by atoms with Gasteiger partial charge in [-0.05, 0) is 0 Å². The van der Waals surface area contributed by atoms with Gasteiger partial charge in [-0.25, -0.2) is 0 Å². The van der Waals surface area contributed by atoms with Crippen LogP contribution in [0.15, 0.2) is 0 Å². The Hall–Kier alpha value is 0.766. The summed E-state index contributed by atoms with van der Waals surface area (Å²) in [5.41, 5.74) is 0. The van der Waals surface area contributed by atoms with Gasteiger partial charge >= 0.3 is 23.1 Å². The predicted molar refractivity (Wildman–Crippen MR) is 55.5 cm³/mol. The van der Waals surface area contributed by atoms with Crippen LogP contribution in [0.3, 0.4) is 0 Å². The molecule has 0 bridgehead atoms. The largest absolute Gasteiger partial charge is 2.00 e. The van der Waals surface area contributed by atoms with Gasteiger partial charge in [-0.3, -0.25) is 0 Å². The number of hydrogen-bond donors (Lipinski definition) is 0. The molecular weight excluding hydrogens is 144 g/mol. The van der Waals surface area contributed by atoms with Crippen LogP contribution in [0, 0.1) is 13.8 Å². The van der Waals surface area contributed by atoms with Crippen LogP contribution in [0.2, 0.25) is 0 Å². The van der Waals surface area contributed by atoms with Crippen molar-refractivity contribution in [1.82, 2.24) is 0 Å². The Morgan fingerprint density at radius 3 is 1.73 bits per heavy atom. The van der Waals surface area contributed by atoms with E-state index in [9.17, 15) is 0 Å². The molecule has 0 saturated carbocycles. The molecule has 0 radical (unpaired) electrons. The van der Waals surface area contributed by atoms with Crippen LogP contribution in [0.4, 0.5) is 0 Å². The van der Waals surface area contributed by atoms with Crippen molar-refractivity contribution in [3.8, 4) is 0 Å². The molecule has 0 aromatic carbocycles. The van der Waals surface area contributed by atoms with Gasteiger partial charge in [0.15, 0.2) is 0 Å². The third-order valence-electron chi connectivity index (χ3n) is 1.35. The zero-order valence-corrected chi connectivity index (χ0v) is 9.78. The monoisotopic (exact) mass is 166 g/mol. The fourth-order valence-corrected chi connectivity index (χ4v) is 0.780. The molecule has 0 aliphatic rings. The van der Waals surface area contributed by atoms with Crippen LogP contribution in [0.1, 0.15) is 52.4 Å². The van der Waals surface area contributed by atoms with Gasteiger partial charge in [0.2, 0.25) is 0 Å². The first kappa shape index (κ1) is 17.7. The van der Waals surface area contributed by atoms with E-state index in [1.807, 2.05) is 0 Å². The molecule has 0 N–H and O–H groups in total. The SMILES string of the molecule is [CH2-]C.[CH2-]CCCCCCC.[Mg+2]. The molecule has 0 spiro atoms. The van der Waals surface area contributed by atoms with E-state index in [0.717, 1.165) is 6.42 Å². The van der Waals surface area contributed by atoms with Crippen molar-refractivity contribution in [2.45, 2.75) is 52.4 Å². The van der Waals surface area contributed by atoms with Crippen molar-refractivity contribution in [1.29, 1.82) is 0 Å². The van der Waals surface area contributed by atoms with Gasteiger partial charge < -0.3 is 13.8 Å². The van der Waals surface area contributed by atoms with E-state index in [1.165, 1.54) is 32.1 Å². The van der Waals surface area contributed by atoms with Crippen molar-refractivity contribution in [3.63, 3.8) is 0 Å². The van der Waals surface area contributed by atoms with Crippen LogP contribution < -0.4 is 0 Å². The molecule has 0 unspecified atom stereocenters. The molecule has 0 aliphatic heterocycles. The first-order valence-electron chi connectivity index (χ1n) is 4.41. The first-order valence-corrected chi connectivity index (χ1v) is 4.41. The van der Waals surface area contributed by atoms with Gasteiger partial charge in [0.25, 0.3) is 0 Å². The summed E-state index contributed by atoms with van der Waals surface area (Å²) in [6.45, 7) is 11.0. The number of hydrogen-bond acceptors (Lipinski definition) is 0. The van der Waals surface area contributed by atoms with Gasteiger partial charge in [0.05, 0.1) is 0 Å². The van der Waals surface area contributed by atoms with Crippen LogP contribution in [0.25, 0.3) is 0 Å². The topological polar surface area (TPSA) is 0 Å². The predicted octanol–water partition coefficient (Wildman–Crippen LogP) is 3.64. The Labute approximate surface area is 89.3 Å². The zero-order chi connectivity index (χ0) is 8.24. The minimum atomic E-state index is 0. The fraction of sp³-hybridized carbons (Fsp3) is 0.800. The summed E-state index contributed by atoms with van der Waals surface area (Å²) in [4.78, 5) is 0. The van der Waals surface area contributed by atoms with Gasteiger partial charge in [-0.2, -0.15) is 13.3 Å². The summed E-state index contributed by atoms with van der Waals surface area (Å²) in [6, 6.07) is 0. The summed E-state index contributed by atoms with van der Waals surface area (Å²) in [7, 11) is 0.